The van der Waals surface area contributed by atoms with Crippen LogP contribution in [0.5, 0.6) is 0 Å². The molecular formula is C19H22N4O. The van der Waals surface area contributed by atoms with Crippen LogP contribution in [0.3, 0.4) is 0 Å². The number of nitrogens with one attached hydrogen (secondary N) is 1. The van der Waals surface area contributed by atoms with Gasteiger partial charge in [0.2, 0.25) is 5.91 Å². The first kappa shape index (κ1) is 16.3. The first-order valence-electron chi connectivity index (χ1n) is 8.17. The van der Waals surface area contributed by atoms with E-state index in [4.69, 9.17) is 0 Å². The van der Waals surface area contributed by atoms with Crippen molar-refractivity contribution in [3.8, 4) is 0 Å². The molecule has 1 aromatic heterocycles. The van der Waals surface area contributed by atoms with Crippen molar-refractivity contribution in [2.75, 3.05) is 18.4 Å². The number of carbonyl (C=O) groups excluding carboxylic acids is 1. The van der Waals surface area contributed by atoms with Gasteiger partial charge in [0.15, 0.2) is 5.82 Å². The predicted octanol–water partition coefficient (Wildman–Crippen LogP) is 3.11. The summed E-state index contributed by atoms with van der Waals surface area (Å²) in [6.07, 6.45) is 4.40. The lowest BCUT2D eigenvalue weighted by atomic mass is 9.98. The minimum Gasteiger partial charge on any atom is -0.310 e. The fourth-order valence-corrected chi connectivity index (χ4v) is 2.92. The van der Waals surface area contributed by atoms with Gasteiger partial charge in [-0.1, -0.05) is 35.9 Å². The second-order valence-electron chi connectivity index (χ2n) is 6.17. The molecular weight excluding hydrogens is 300 g/mol. The van der Waals surface area contributed by atoms with Crippen LogP contribution in [0.1, 0.15) is 31.5 Å². The molecule has 3 rings (SSSR count). The van der Waals surface area contributed by atoms with E-state index in [-0.39, 0.29) is 5.91 Å². The number of nitrogens with zero attached hydrogens (tertiary/aromatic N) is 3. The normalized spacial score (nSPS) is 15.4. The molecule has 0 fully saturated rings. The summed E-state index contributed by atoms with van der Waals surface area (Å²) in [6, 6.07) is 10.5. The molecule has 0 radical (unpaired) electrons. The van der Waals surface area contributed by atoms with Crippen molar-refractivity contribution < 1.29 is 4.79 Å². The molecule has 0 aliphatic carbocycles. The molecule has 24 heavy (non-hydrogen) atoms. The number of benzene rings is 1. The number of anilines is 1. The lowest BCUT2D eigenvalue weighted by Gasteiger charge is -2.29. The van der Waals surface area contributed by atoms with Crippen molar-refractivity contribution in [2.24, 2.45) is 0 Å². The summed E-state index contributed by atoms with van der Waals surface area (Å²) in [5, 5.41) is 2.65. The second kappa shape index (κ2) is 7.36. The molecule has 1 N–H and O–H groups in total. The largest absolute Gasteiger partial charge is 0.310 e. The first-order valence-corrected chi connectivity index (χ1v) is 8.17. The first-order chi connectivity index (χ1) is 11.6. The van der Waals surface area contributed by atoms with Crippen LogP contribution in [-0.2, 0) is 11.3 Å². The Balaban J connectivity index is 1.73. The van der Waals surface area contributed by atoms with E-state index < -0.39 is 0 Å². The van der Waals surface area contributed by atoms with Gasteiger partial charge in [0.25, 0.3) is 0 Å². The van der Waals surface area contributed by atoms with Crippen molar-refractivity contribution in [1.29, 1.82) is 0 Å². The average molecular weight is 322 g/mol. The van der Waals surface area contributed by atoms with Crippen molar-refractivity contribution in [3.63, 3.8) is 0 Å². The van der Waals surface area contributed by atoms with Gasteiger partial charge in [-0.3, -0.25) is 14.7 Å². The highest BCUT2D eigenvalue weighted by atomic mass is 16.1. The van der Waals surface area contributed by atoms with Gasteiger partial charge >= 0.3 is 0 Å². The second-order valence-corrected chi connectivity index (χ2v) is 6.17. The monoisotopic (exact) mass is 322 g/mol. The Morgan fingerprint density at radius 2 is 2.00 bits per heavy atom. The predicted molar refractivity (Wildman–Crippen MR) is 95.3 cm³/mol. The van der Waals surface area contributed by atoms with Crippen LogP contribution < -0.4 is 5.32 Å². The molecule has 5 nitrogen and oxygen atoms in total. The van der Waals surface area contributed by atoms with E-state index in [1.165, 1.54) is 23.6 Å². The lowest BCUT2D eigenvalue weighted by Crippen LogP contribution is -2.30. The zero-order chi connectivity index (χ0) is 16.9. The Morgan fingerprint density at radius 3 is 2.67 bits per heavy atom. The summed E-state index contributed by atoms with van der Waals surface area (Å²) in [5.74, 6) is 0.348. The van der Waals surface area contributed by atoms with E-state index >= 15 is 0 Å². The Kier molecular flexibility index (Phi) is 5.01. The molecule has 2 heterocycles. The van der Waals surface area contributed by atoms with Gasteiger partial charge in [-0.2, -0.15) is 0 Å². The molecule has 0 spiro atoms. The van der Waals surface area contributed by atoms with Gasteiger partial charge in [-0.15, -0.1) is 0 Å². The molecule has 1 aromatic carbocycles. The standard InChI is InChI=1S/C19H22N4O/c1-14-8-9-23(12-16-6-4-3-5-7-16)13-17(14)18-10-21-19(11-20-18)22-15(2)24/h3-7,10-11H,8-9,12-13H2,1-2H3,(H,21,22,24). The summed E-state index contributed by atoms with van der Waals surface area (Å²) in [7, 11) is 0. The van der Waals surface area contributed by atoms with Gasteiger partial charge in [-0.05, 0) is 24.5 Å². The number of hydrogen-bond donors (Lipinski definition) is 1. The molecule has 1 amide bonds. The smallest absolute Gasteiger partial charge is 0.222 e. The zero-order valence-corrected chi connectivity index (χ0v) is 14.1. The molecule has 2 aromatic rings. The van der Waals surface area contributed by atoms with E-state index in [0.29, 0.717) is 5.82 Å². The number of hydrogen-bond acceptors (Lipinski definition) is 4. The summed E-state index contributed by atoms with van der Waals surface area (Å²) in [5.41, 5.74) is 4.81. The van der Waals surface area contributed by atoms with Crippen LogP contribution in [0, 0.1) is 0 Å². The van der Waals surface area contributed by atoms with Crippen LogP contribution >= 0.6 is 0 Å². The third kappa shape index (κ3) is 4.06. The topological polar surface area (TPSA) is 58.1 Å². The van der Waals surface area contributed by atoms with E-state index in [0.717, 1.165) is 31.7 Å². The Bertz CT molecular complexity index is 738. The van der Waals surface area contributed by atoms with Crippen LogP contribution in [0.15, 0.2) is 48.3 Å². The third-order valence-electron chi connectivity index (χ3n) is 4.21. The third-order valence-corrected chi connectivity index (χ3v) is 4.21. The molecule has 0 bridgehead atoms. The Morgan fingerprint density at radius 1 is 1.21 bits per heavy atom. The van der Waals surface area contributed by atoms with Gasteiger partial charge in [0, 0.05) is 26.6 Å². The van der Waals surface area contributed by atoms with Crippen molar-refractivity contribution in [2.45, 2.75) is 26.8 Å². The summed E-state index contributed by atoms with van der Waals surface area (Å²) < 4.78 is 0. The minimum atomic E-state index is -0.140. The number of amides is 1. The van der Waals surface area contributed by atoms with Crippen molar-refractivity contribution in [3.05, 3.63) is 59.6 Å². The van der Waals surface area contributed by atoms with E-state index in [1.54, 1.807) is 12.4 Å². The molecule has 0 atom stereocenters. The number of carbonyl (C=O) groups is 1. The number of rotatable bonds is 4. The molecule has 1 aliphatic heterocycles. The zero-order valence-electron chi connectivity index (χ0n) is 14.1. The molecule has 0 saturated carbocycles. The molecule has 5 heteroatoms. The molecule has 1 aliphatic rings. The minimum absolute atomic E-state index is 0.140. The molecule has 0 saturated heterocycles. The Hall–Kier alpha value is -2.53. The average Bonchev–Trinajstić information content (AvgIpc) is 2.58. The van der Waals surface area contributed by atoms with Crippen LogP contribution in [-0.4, -0.2) is 33.9 Å². The van der Waals surface area contributed by atoms with Crippen LogP contribution in [0.2, 0.25) is 0 Å². The maximum Gasteiger partial charge on any atom is 0.222 e. The van der Waals surface area contributed by atoms with Crippen LogP contribution in [0.4, 0.5) is 5.82 Å². The maximum absolute atomic E-state index is 11.1. The maximum atomic E-state index is 11.1. The molecule has 0 unspecified atom stereocenters. The quantitative estimate of drug-likeness (QED) is 0.939. The Labute approximate surface area is 142 Å². The van der Waals surface area contributed by atoms with E-state index in [2.05, 4.69) is 51.4 Å². The van der Waals surface area contributed by atoms with Gasteiger partial charge in [0.1, 0.15) is 0 Å². The van der Waals surface area contributed by atoms with E-state index in [1.807, 2.05) is 6.07 Å². The summed E-state index contributed by atoms with van der Waals surface area (Å²) >= 11 is 0. The summed E-state index contributed by atoms with van der Waals surface area (Å²) in [6.45, 7) is 6.50. The fraction of sp³-hybridized carbons (Fsp3) is 0.316. The van der Waals surface area contributed by atoms with E-state index in [9.17, 15) is 4.79 Å². The summed E-state index contributed by atoms with van der Waals surface area (Å²) in [4.78, 5) is 22.3. The fourth-order valence-electron chi connectivity index (χ4n) is 2.92. The van der Waals surface area contributed by atoms with Crippen LogP contribution in [0.25, 0.3) is 5.57 Å². The van der Waals surface area contributed by atoms with Crippen molar-refractivity contribution in [1.82, 2.24) is 14.9 Å². The van der Waals surface area contributed by atoms with Crippen molar-refractivity contribution >= 4 is 17.3 Å². The molecule has 124 valence electrons. The number of aromatic nitrogens is 2. The van der Waals surface area contributed by atoms with Gasteiger partial charge in [-0.25, -0.2) is 4.98 Å². The lowest BCUT2D eigenvalue weighted by molar-refractivity contribution is -0.114. The highest BCUT2D eigenvalue weighted by Gasteiger charge is 2.19. The highest BCUT2D eigenvalue weighted by Crippen LogP contribution is 2.26. The SMILES string of the molecule is CC(=O)Nc1cnc(C2=C(C)CCN(Cc3ccccc3)C2)cn1. The van der Waals surface area contributed by atoms with Gasteiger partial charge in [0.05, 0.1) is 18.1 Å². The van der Waals surface area contributed by atoms with Gasteiger partial charge < -0.3 is 5.32 Å². The highest BCUT2D eigenvalue weighted by molar-refractivity contribution is 5.87.